The Morgan fingerprint density at radius 1 is 1.00 bits per heavy atom. The van der Waals surface area contributed by atoms with Crippen molar-refractivity contribution in [2.75, 3.05) is 19.8 Å². The summed E-state index contributed by atoms with van der Waals surface area (Å²) in [4.78, 5) is 0. The average molecular weight is 265 g/mol. The third kappa shape index (κ3) is 3.85. The third-order valence-corrected chi connectivity index (χ3v) is 4.20. The summed E-state index contributed by atoms with van der Waals surface area (Å²) in [6, 6.07) is -0.374. The van der Waals surface area contributed by atoms with Gasteiger partial charge in [-0.15, -0.1) is 0 Å². The first-order chi connectivity index (χ1) is 8.57. The van der Waals surface area contributed by atoms with Gasteiger partial charge < -0.3 is 10.1 Å². The molecule has 2 fully saturated rings. The van der Waals surface area contributed by atoms with Crippen molar-refractivity contribution in [3.63, 3.8) is 0 Å². The van der Waals surface area contributed by atoms with Gasteiger partial charge in [-0.05, 0) is 38.1 Å². The van der Waals surface area contributed by atoms with Gasteiger partial charge in [0.15, 0.2) is 0 Å². The van der Waals surface area contributed by atoms with Gasteiger partial charge in [0.25, 0.3) is 0 Å². The molecule has 0 aromatic heterocycles. The summed E-state index contributed by atoms with van der Waals surface area (Å²) in [5, 5.41) is 3.17. The third-order valence-electron chi connectivity index (χ3n) is 4.20. The summed E-state index contributed by atoms with van der Waals surface area (Å²) in [6.45, 7) is 2.21. The molecule has 106 valence electrons. The van der Waals surface area contributed by atoms with Crippen LogP contribution >= 0.6 is 0 Å². The molecular formula is C13H22F3NO. The van der Waals surface area contributed by atoms with Crippen LogP contribution in [0.25, 0.3) is 0 Å². The van der Waals surface area contributed by atoms with E-state index >= 15 is 0 Å². The van der Waals surface area contributed by atoms with Gasteiger partial charge in [-0.1, -0.05) is 12.8 Å². The molecule has 5 heteroatoms. The summed E-state index contributed by atoms with van der Waals surface area (Å²) in [6.07, 6.45) is 0.459. The van der Waals surface area contributed by atoms with Gasteiger partial charge in [-0.25, -0.2) is 0 Å². The summed E-state index contributed by atoms with van der Waals surface area (Å²) < 4.78 is 43.9. The molecule has 1 N–H and O–H groups in total. The maximum Gasteiger partial charge on any atom is 0.393 e. The molecule has 0 aromatic carbocycles. The molecule has 0 spiro atoms. The largest absolute Gasteiger partial charge is 0.393 e. The van der Waals surface area contributed by atoms with E-state index < -0.39 is 12.1 Å². The van der Waals surface area contributed by atoms with E-state index in [4.69, 9.17) is 4.74 Å². The normalized spacial score (nSPS) is 31.5. The smallest absolute Gasteiger partial charge is 0.381 e. The minimum atomic E-state index is -4.05. The molecular weight excluding hydrogens is 243 g/mol. The Hall–Kier alpha value is -0.290. The molecule has 1 aliphatic carbocycles. The van der Waals surface area contributed by atoms with Crippen LogP contribution in [0.4, 0.5) is 13.2 Å². The Morgan fingerprint density at radius 3 is 2.33 bits per heavy atom. The maximum atomic E-state index is 12.9. The molecule has 0 amide bonds. The average Bonchev–Trinajstić information content (AvgIpc) is 2.37. The first-order valence-corrected chi connectivity index (χ1v) is 6.95. The van der Waals surface area contributed by atoms with Crippen LogP contribution in [0.1, 0.15) is 38.5 Å². The van der Waals surface area contributed by atoms with Crippen LogP contribution in [0.15, 0.2) is 0 Å². The lowest BCUT2D eigenvalue weighted by atomic mass is 9.83. The second-order valence-corrected chi connectivity index (χ2v) is 5.50. The van der Waals surface area contributed by atoms with Crippen LogP contribution in [0.5, 0.6) is 0 Å². The van der Waals surface area contributed by atoms with Crippen LogP contribution in [-0.2, 0) is 4.74 Å². The SMILES string of the molecule is FC(F)(F)C1CCCCC1NCC1CCOCC1. The number of rotatable bonds is 3. The van der Waals surface area contributed by atoms with Gasteiger partial charge >= 0.3 is 6.18 Å². The molecule has 18 heavy (non-hydrogen) atoms. The fourth-order valence-corrected chi connectivity index (χ4v) is 3.04. The molecule has 2 rings (SSSR count). The zero-order valence-corrected chi connectivity index (χ0v) is 10.6. The fourth-order valence-electron chi connectivity index (χ4n) is 3.04. The minimum absolute atomic E-state index is 0.287. The molecule has 0 bridgehead atoms. The maximum absolute atomic E-state index is 12.9. The Balaban J connectivity index is 1.81. The summed E-state index contributed by atoms with van der Waals surface area (Å²) >= 11 is 0. The predicted molar refractivity (Wildman–Crippen MR) is 63.3 cm³/mol. The molecule has 1 saturated carbocycles. The van der Waals surface area contributed by atoms with Gasteiger partial charge in [0.1, 0.15) is 0 Å². The van der Waals surface area contributed by atoms with E-state index in [0.29, 0.717) is 25.3 Å². The number of alkyl halides is 3. The Morgan fingerprint density at radius 2 is 1.67 bits per heavy atom. The van der Waals surface area contributed by atoms with Crippen LogP contribution < -0.4 is 5.32 Å². The fraction of sp³-hybridized carbons (Fsp3) is 1.00. The summed E-state index contributed by atoms with van der Waals surface area (Å²) in [5.41, 5.74) is 0. The van der Waals surface area contributed by atoms with E-state index in [1.807, 2.05) is 0 Å². The molecule has 1 aliphatic heterocycles. The second kappa shape index (κ2) is 6.24. The van der Waals surface area contributed by atoms with Gasteiger partial charge in [0, 0.05) is 19.3 Å². The van der Waals surface area contributed by atoms with Crippen LogP contribution in [0, 0.1) is 11.8 Å². The Labute approximate surface area is 106 Å². The van der Waals surface area contributed by atoms with Crippen LogP contribution in [-0.4, -0.2) is 32.0 Å². The second-order valence-electron chi connectivity index (χ2n) is 5.50. The van der Waals surface area contributed by atoms with Crippen molar-refractivity contribution in [1.29, 1.82) is 0 Å². The highest BCUT2D eigenvalue weighted by Crippen LogP contribution is 2.37. The van der Waals surface area contributed by atoms with Crippen molar-refractivity contribution in [1.82, 2.24) is 5.32 Å². The van der Waals surface area contributed by atoms with Crippen molar-refractivity contribution in [3.8, 4) is 0 Å². The van der Waals surface area contributed by atoms with Gasteiger partial charge in [0.05, 0.1) is 5.92 Å². The van der Waals surface area contributed by atoms with Crippen LogP contribution in [0.3, 0.4) is 0 Å². The summed E-state index contributed by atoms with van der Waals surface area (Å²) in [5.74, 6) is -0.666. The quantitative estimate of drug-likeness (QED) is 0.846. The lowest BCUT2D eigenvalue weighted by Crippen LogP contribution is -2.47. The highest BCUT2D eigenvalue weighted by molar-refractivity contribution is 4.86. The first-order valence-electron chi connectivity index (χ1n) is 6.95. The van der Waals surface area contributed by atoms with E-state index in [-0.39, 0.29) is 12.5 Å². The van der Waals surface area contributed by atoms with Crippen molar-refractivity contribution in [2.24, 2.45) is 11.8 Å². The number of hydrogen-bond acceptors (Lipinski definition) is 2. The highest BCUT2D eigenvalue weighted by atomic mass is 19.4. The molecule has 2 atom stereocenters. The van der Waals surface area contributed by atoms with E-state index in [9.17, 15) is 13.2 Å². The number of nitrogens with one attached hydrogen (secondary N) is 1. The molecule has 0 aromatic rings. The van der Waals surface area contributed by atoms with E-state index in [1.54, 1.807) is 0 Å². The minimum Gasteiger partial charge on any atom is -0.381 e. The number of ether oxygens (including phenoxy) is 1. The molecule has 0 radical (unpaired) electrons. The van der Waals surface area contributed by atoms with Gasteiger partial charge in [-0.2, -0.15) is 13.2 Å². The predicted octanol–water partition coefficient (Wildman–Crippen LogP) is 3.12. The van der Waals surface area contributed by atoms with E-state index in [1.165, 1.54) is 0 Å². The molecule has 2 aliphatic rings. The van der Waals surface area contributed by atoms with E-state index in [2.05, 4.69) is 5.32 Å². The van der Waals surface area contributed by atoms with Gasteiger partial charge in [-0.3, -0.25) is 0 Å². The first kappa shape index (κ1) is 14.1. The zero-order valence-electron chi connectivity index (χ0n) is 10.6. The van der Waals surface area contributed by atoms with E-state index in [0.717, 1.165) is 32.5 Å². The monoisotopic (exact) mass is 265 g/mol. The molecule has 2 nitrogen and oxygen atoms in total. The Kier molecular flexibility index (Phi) is 4.90. The van der Waals surface area contributed by atoms with Crippen molar-refractivity contribution >= 4 is 0 Å². The molecule has 2 unspecified atom stereocenters. The molecule has 1 heterocycles. The standard InChI is InChI=1S/C13H22F3NO/c14-13(15,16)11-3-1-2-4-12(11)17-9-10-5-7-18-8-6-10/h10-12,17H,1-9H2. The van der Waals surface area contributed by atoms with Crippen LogP contribution in [0.2, 0.25) is 0 Å². The lowest BCUT2D eigenvalue weighted by molar-refractivity contribution is -0.189. The number of halogens is 3. The zero-order chi connectivity index (χ0) is 13.0. The van der Waals surface area contributed by atoms with Crippen molar-refractivity contribution in [3.05, 3.63) is 0 Å². The van der Waals surface area contributed by atoms with Gasteiger partial charge in [0.2, 0.25) is 0 Å². The summed E-state index contributed by atoms with van der Waals surface area (Å²) in [7, 11) is 0. The lowest BCUT2D eigenvalue weighted by Gasteiger charge is -2.35. The molecule has 1 saturated heterocycles. The Bertz CT molecular complexity index is 251. The number of hydrogen-bond donors (Lipinski definition) is 1. The highest BCUT2D eigenvalue weighted by Gasteiger charge is 2.45. The van der Waals surface area contributed by atoms with Crippen molar-refractivity contribution < 1.29 is 17.9 Å². The topological polar surface area (TPSA) is 21.3 Å². The van der Waals surface area contributed by atoms with Crippen molar-refractivity contribution in [2.45, 2.75) is 50.7 Å².